The van der Waals surface area contributed by atoms with Crippen molar-refractivity contribution in [2.24, 2.45) is 5.92 Å². The van der Waals surface area contributed by atoms with Crippen molar-refractivity contribution in [3.8, 4) is 6.01 Å². The summed E-state index contributed by atoms with van der Waals surface area (Å²) >= 11 is 0. The lowest BCUT2D eigenvalue weighted by Gasteiger charge is -2.35. The lowest BCUT2D eigenvalue weighted by Crippen LogP contribution is -2.47. The van der Waals surface area contributed by atoms with Crippen molar-refractivity contribution in [1.82, 2.24) is 14.9 Å². The van der Waals surface area contributed by atoms with Crippen LogP contribution in [0.1, 0.15) is 37.1 Å². The smallest absolute Gasteiger partial charge is 0.317 e. The molecule has 3 heterocycles. The minimum Gasteiger partial charge on any atom is -0.458 e. The van der Waals surface area contributed by atoms with E-state index in [0.717, 1.165) is 43.6 Å². The van der Waals surface area contributed by atoms with Gasteiger partial charge in [0.25, 0.3) is 0 Å². The van der Waals surface area contributed by atoms with E-state index >= 15 is 0 Å². The highest BCUT2D eigenvalue weighted by Crippen LogP contribution is 2.22. The highest BCUT2D eigenvalue weighted by atomic mass is 16.5. The maximum Gasteiger partial charge on any atom is 0.317 e. The Morgan fingerprint density at radius 3 is 2.61 bits per heavy atom. The average molecular weight is 319 g/mol. The maximum absolute atomic E-state index is 12.6. The first-order valence-electron chi connectivity index (χ1n) is 8.47. The Morgan fingerprint density at radius 2 is 1.91 bits per heavy atom. The number of hydrogen-bond donors (Lipinski definition) is 0. The average Bonchev–Trinajstić information content (AvgIpc) is 2.54. The molecule has 0 saturated carbocycles. The Bertz CT molecular complexity index is 538. The fraction of sp³-hybridized carbons (Fsp3) is 0.706. The number of aryl methyl sites for hydroxylation is 2. The van der Waals surface area contributed by atoms with Crippen molar-refractivity contribution < 1.29 is 14.3 Å². The Kier molecular flexibility index (Phi) is 5.10. The predicted octanol–water partition coefficient (Wildman–Crippen LogP) is 1.89. The molecule has 23 heavy (non-hydrogen) atoms. The monoisotopic (exact) mass is 319 g/mol. The molecule has 0 aromatic carbocycles. The number of piperidine rings is 1. The van der Waals surface area contributed by atoms with E-state index in [1.54, 1.807) is 0 Å². The van der Waals surface area contributed by atoms with E-state index in [2.05, 4.69) is 9.97 Å². The van der Waals surface area contributed by atoms with E-state index in [4.69, 9.17) is 9.47 Å². The Morgan fingerprint density at radius 1 is 1.22 bits per heavy atom. The van der Waals surface area contributed by atoms with Gasteiger partial charge in [0.1, 0.15) is 6.10 Å². The highest BCUT2D eigenvalue weighted by Gasteiger charge is 2.31. The maximum atomic E-state index is 12.6. The topological polar surface area (TPSA) is 64.5 Å². The van der Waals surface area contributed by atoms with Crippen LogP contribution in [0, 0.1) is 19.8 Å². The molecule has 0 N–H and O–H groups in total. The fourth-order valence-electron chi connectivity index (χ4n) is 3.33. The van der Waals surface area contributed by atoms with Gasteiger partial charge in [-0.05, 0) is 45.6 Å². The van der Waals surface area contributed by atoms with Crippen LogP contribution in [0.15, 0.2) is 6.07 Å². The summed E-state index contributed by atoms with van der Waals surface area (Å²) in [7, 11) is 0. The van der Waals surface area contributed by atoms with Crippen LogP contribution in [0.25, 0.3) is 0 Å². The van der Waals surface area contributed by atoms with Crippen molar-refractivity contribution >= 4 is 5.91 Å². The fourth-order valence-corrected chi connectivity index (χ4v) is 3.33. The molecule has 0 bridgehead atoms. The van der Waals surface area contributed by atoms with Crippen LogP contribution in [-0.4, -0.2) is 53.2 Å². The van der Waals surface area contributed by atoms with Gasteiger partial charge in [0.05, 0.1) is 6.54 Å². The minimum absolute atomic E-state index is 0.0197. The first-order valence-corrected chi connectivity index (χ1v) is 8.47. The molecule has 1 atom stereocenters. The molecule has 3 rings (SSSR count). The number of hydrogen-bond acceptors (Lipinski definition) is 5. The molecule has 1 amide bonds. The lowest BCUT2D eigenvalue weighted by molar-refractivity contribution is -0.141. The molecule has 6 heteroatoms. The Hall–Kier alpha value is -1.69. The molecular formula is C17H25N3O3. The van der Waals surface area contributed by atoms with Crippen molar-refractivity contribution in [2.45, 2.75) is 45.6 Å². The third-order valence-electron chi connectivity index (χ3n) is 4.49. The summed E-state index contributed by atoms with van der Waals surface area (Å²) < 4.78 is 11.3. The molecule has 126 valence electrons. The number of carbonyl (C=O) groups is 1. The number of rotatable bonds is 3. The summed E-state index contributed by atoms with van der Waals surface area (Å²) in [6.45, 7) is 6.71. The minimum atomic E-state index is -0.0197. The van der Waals surface area contributed by atoms with E-state index in [0.29, 0.717) is 25.8 Å². The van der Waals surface area contributed by atoms with Crippen molar-refractivity contribution in [2.75, 3.05) is 26.3 Å². The zero-order valence-electron chi connectivity index (χ0n) is 14.0. The molecule has 0 spiro atoms. The van der Waals surface area contributed by atoms with Gasteiger partial charge in [-0.25, -0.2) is 9.97 Å². The van der Waals surface area contributed by atoms with Crippen LogP contribution in [0.4, 0.5) is 0 Å². The highest BCUT2D eigenvalue weighted by molar-refractivity contribution is 5.79. The zero-order valence-corrected chi connectivity index (χ0v) is 14.0. The Labute approximate surface area is 137 Å². The number of nitrogens with zero attached hydrogens (tertiary/aromatic N) is 3. The SMILES string of the molecule is Cc1cc(C)nc(OC2CCCN(C(=O)C3CCOCC3)C2)n1. The van der Waals surface area contributed by atoms with Crippen molar-refractivity contribution in [3.05, 3.63) is 17.5 Å². The van der Waals surface area contributed by atoms with Crippen LogP contribution >= 0.6 is 0 Å². The molecule has 1 aromatic rings. The normalized spacial score (nSPS) is 22.9. The second kappa shape index (κ2) is 7.25. The second-order valence-corrected chi connectivity index (χ2v) is 6.49. The summed E-state index contributed by atoms with van der Waals surface area (Å²) in [6.07, 6.45) is 3.55. The number of amides is 1. The van der Waals surface area contributed by atoms with Gasteiger partial charge in [0.2, 0.25) is 5.91 Å². The Balaban J connectivity index is 1.60. The number of carbonyl (C=O) groups excluding carboxylic acids is 1. The van der Waals surface area contributed by atoms with Crippen LogP contribution < -0.4 is 4.74 Å². The van der Waals surface area contributed by atoms with Crippen LogP contribution in [0.3, 0.4) is 0 Å². The van der Waals surface area contributed by atoms with Gasteiger partial charge in [-0.3, -0.25) is 4.79 Å². The zero-order chi connectivity index (χ0) is 16.2. The van der Waals surface area contributed by atoms with Crippen molar-refractivity contribution in [1.29, 1.82) is 0 Å². The van der Waals surface area contributed by atoms with Gasteiger partial charge in [-0.1, -0.05) is 0 Å². The van der Waals surface area contributed by atoms with Gasteiger partial charge < -0.3 is 14.4 Å². The van der Waals surface area contributed by atoms with E-state index < -0.39 is 0 Å². The van der Waals surface area contributed by atoms with Gasteiger partial charge in [0, 0.05) is 37.1 Å². The second-order valence-electron chi connectivity index (χ2n) is 6.49. The molecule has 0 radical (unpaired) electrons. The number of ether oxygens (including phenoxy) is 2. The van der Waals surface area contributed by atoms with Gasteiger partial charge in [-0.15, -0.1) is 0 Å². The summed E-state index contributed by atoms with van der Waals surface area (Å²) in [6, 6.07) is 2.35. The standard InChI is InChI=1S/C17H25N3O3/c1-12-10-13(2)19-17(18-12)23-15-4-3-7-20(11-15)16(21)14-5-8-22-9-6-14/h10,14-15H,3-9,11H2,1-2H3. The molecule has 6 nitrogen and oxygen atoms in total. The van der Waals surface area contributed by atoms with E-state index in [-0.39, 0.29) is 17.9 Å². The number of likely N-dealkylation sites (tertiary alicyclic amines) is 1. The van der Waals surface area contributed by atoms with Crippen molar-refractivity contribution in [3.63, 3.8) is 0 Å². The van der Waals surface area contributed by atoms with Gasteiger partial charge in [0.15, 0.2) is 0 Å². The summed E-state index contributed by atoms with van der Waals surface area (Å²) in [5, 5.41) is 0. The molecule has 2 aliphatic heterocycles. The largest absolute Gasteiger partial charge is 0.458 e. The third kappa shape index (κ3) is 4.19. The molecule has 1 unspecified atom stereocenters. The molecule has 2 fully saturated rings. The number of aromatic nitrogens is 2. The first-order chi connectivity index (χ1) is 11.1. The summed E-state index contributed by atoms with van der Waals surface area (Å²) in [4.78, 5) is 23.3. The summed E-state index contributed by atoms with van der Waals surface area (Å²) in [5.41, 5.74) is 1.80. The summed E-state index contributed by atoms with van der Waals surface area (Å²) in [5.74, 6) is 0.364. The third-order valence-corrected chi connectivity index (χ3v) is 4.49. The van der Waals surface area contributed by atoms with E-state index in [1.165, 1.54) is 0 Å². The lowest BCUT2D eigenvalue weighted by atomic mass is 9.97. The quantitative estimate of drug-likeness (QED) is 0.851. The van der Waals surface area contributed by atoms with Crippen LogP contribution in [0.5, 0.6) is 6.01 Å². The predicted molar refractivity (Wildman–Crippen MR) is 85.3 cm³/mol. The molecule has 1 aromatic heterocycles. The van der Waals surface area contributed by atoms with Gasteiger partial charge >= 0.3 is 6.01 Å². The van der Waals surface area contributed by atoms with Crippen LogP contribution in [0.2, 0.25) is 0 Å². The van der Waals surface area contributed by atoms with Gasteiger partial charge in [-0.2, -0.15) is 0 Å². The molecular weight excluding hydrogens is 294 g/mol. The van der Waals surface area contributed by atoms with E-state index in [9.17, 15) is 4.79 Å². The molecule has 2 saturated heterocycles. The first kappa shape index (κ1) is 16.2. The molecule has 2 aliphatic rings. The van der Waals surface area contributed by atoms with E-state index in [1.807, 2.05) is 24.8 Å². The van der Waals surface area contributed by atoms with Crippen LogP contribution in [-0.2, 0) is 9.53 Å². The molecule has 0 aliphatic carbocycles.